The quantitative estimate of drug-likeness (QED) is 0.0899. The van der Waals surface area contributed by atoms with Crippen molar-refractivity contribution in [3.05, 3.63) is 30.3 Å². The standard InChI is InChI=1S/C39H61N7O9S.BrH/c1-4-51-20-21-53-24-25-55-27-26-54-23-22-52-19-17-41-38(50)45-39-43-32(29-12-7-5-8-13-29)36(56-39)44-35(48)31-16-11-18-46(31)37(49)33(30-14-9-6-10-15-30)42-34(47)28(2)40-3;/h5,7-8,12-13,28,30-31,33,40H,4,6,9-11,14-27H2,1-3H3,(H,42,47)(H,44,48)(H2,41,43,45,50);1H/t28-,31?,33-;/m0./s1. The van der Waals surface area contributed by atoms with Crippen molar-refractivity contribution in [1.29, 1.82) is 0 Å². The van der Waals surface area contributed by atoms with E-state index in [2.05, 4.69) is 31.6 Å². The number of nitrogens with zero attached hydrogens (tertiary/aromatic N) is 2. The summed E-state index contributed by atoms with van der Waals surface area (Å²) in [5.74, 6) is -0.772. The number of thiazole rings is 1. The van der Waals surface area contributed by atoms with Crippen LogP contribution in [0.1, 0.15) is 58.8 Å². The second-order valence-electron chi connectivity index (χ2n) is 13.7. The average molecular weight is 885 g/mol. The lowest BCUT2D eigenvalue weighted by molar-refractivity contribution is -0.142. The monoisotopic (exact) mass is 883 g/mol. The number of urea groups is 1. The third-order valence-corrected chi connectivity index (χ3v) is 10.6. The molecule has 2 heterocycles. The minimum absolute atomic E-state index is 0. The van der Waals surface area contributed by atoms with Crippen LogP contribution in [0.2, 0.25) is 0 Å². The summed E-state index contributed by atoms with van der Waals surface area (Å²) in [5, 5.41) is 15.3. The van der Waals surface area contributed by atoms with Crippen LogP contribution < -0.4 is 26.6 Å². The fourth-order valence-corrected chi connectivity index (χ4v) is 7.47. The predicted molar refractivity (Wildman–Crippen MR) is 225 cm³/mol. The van der Waals surface area contributed by atoms with Crippen LogP contribution >= 0.6 is 28.3 Å². The normalized spacial score (nSPS) is 16.7. The molecule has 2 fully saturated rings. The largest absolute Gasteiger partial charge is 0.379 e. The Hall–Kier alpha value is -3.23. The van der Waals surface area contributed by atoms with E-state index in [-0.39, 0.29) is 53.8 Å². The molecule has 4 rings (SSSR count). The number of carbonyl (C=O) groups excluding carboxylic acids is 4. The van der Waals surface area contributed by atoms with Crippen LogP contribution in [0.15, 0.2) is 30.3 Å². The molecule has 320 valence electrons. The Bertz CT molecular complexity index is 1490. The number of ether oxygens (including phenoxy) is 5. The summed E-state index contributed by atoms with van der Waals surface area (Å²) in [4.78, 5) is 60.1. The van der Waals surface area contributed by atoms with Crippen LogP contribution in [-0.2, 0) is 38.1 Å². The SMILES string of the molecule is Br.CCOCCOCCOCCOCCOCCNC(=O)Nc1nc(-c2ccccc2)c(NC(=O)C2CCCN2C(=O)[C@@H](NC(=O)[C@H](C)NC)C2CCCCC2)s1. The van der Waals surface area contributed by atoms with Crippen LogP contribution in [0.4, 0.5) is 14.9 Å². The van der Waals surface area contributed by atoms with Crippen molar-refractivity contribution in [2.75, 3.05) is 96.8 Å². The number of nitrogens with one attached hydrogen (secondary N) is 5. The van der Waals surface area contributed by atoms with E-state index in [4.69, 9.17) is 23.7 Å². The molecular formula is C39H62BrN7O9S. The minimum Gasteiger partial charge on any atom is -0.379 e. The molecule has 16 nitrogen and oxygen atoms in total. The maximum Gasteiger partial charge on any atom is 0.321 e. The number of amides is 5. The zero-order valence-electron chi connectivity index (χ0n) is 33.5. The second-order valence-corrected chi connectivity index (χ2v) is 14.7. The van der Waals surface area contributed by atoms with Crippen molar-refractivity contribution < 1.29 is 42.9 Å². The minimum atomic E-state index is -0.711. The number of rotatable bonds is 25. The fourth-order valence-electron chi connectivity index (χ4n) is 6.59. The Balaban J connectivity index is 0.00000870. The number of aromatic nitrogens is 1. The van der Waals surface area contributed by atoms with Gasteiger partial charge >= 0.3 is 6.03 Å². The van der Waals surface area contributed by atoms with E-state index in [1.54, 1.807) is 18.9 Å². The molecule has 0 radical (unpaired) electrons. The van der Waals surface area contributed by atoms with Crippen molar-refractivity contribution >= 4 is 62.2 Å². The van der Waals surface area contributed by atoms with Gasteiger partial charge in [0.25, 0.3) is 0 Å². The van der Waals surface area contributed by atoms with Gasteiger partial charge in [0.15, 0.2) is 5.13 Å². The van der Waals surface area contributed by atoms with E-state index in [1.165, 1.54) is 0 Å². The van der Waals surface area contributed by atoms with Gasteiger partial charge in [-0.3, -0.25) is 19.7 Å². The Morgan fingerprint density at radius 1 is 0.825 bits per heavy atom. The van der Waals surface area contributed by atoms with Crippen LogP contribution in [0.5, 0.6) is 0 Å². The first-order valence-electron chi connectivity index (χ1n) is 19.9. The number of likely N-dealkylation sites (N-methyl/N-ethyl adjacent to an activating group) is 1. The smallest absolute Gasteiger partial charge is 0.321 e. The van der Waals surface area contributed by atoms with Crippen LogP contribution in [0.3, 0.4) is 0 Å². The molecule has 0 spiro atoms. The predicted octanol–water partition coefficient (Wildman–Crippen LogP) is 4.21. The number of anilines is 2. The van der Waals surface area contributed by atoms with Crippen LogP contribution in [0, 0.1) is 5.92 Å². The lowest BCUT2D eigenvalue weighted by Crippen LogP contribution is -2.57. The van der Waals surface area contributed by atoms with Crippen molar-refractivity contribution in [2.45, 2.75) is 76.9 Å². The Morgan fingerprint density at radius 3 is 2.05 bits per heavy atom. The fraction of sp³-hybridized carbons (Fsp3) is 0.667. The summed E-state index contributed by atoms with van der Waals surface area (Å²) in [6.45, 7) is 9.17. The van der Waals surface area contributed by atoms with E-state index in [0.717, 1.165) is 49.0 Å². The molecule has 0 bridgehead atoms. The summed E-state index contributed by atoms with van der Waals surface area (Å²) < 4.78 is 27.1. The molecule has 2 aliphatic rings. The summed E-state index contributed by atoms with van der Waals surface area (Å²) in [7, 11) is 1.71. The average Bonchev–Trinajstić information content (AvgIpc) is 3.87. The molecule has 1 unspecified atom stereocenters. The van der Waals surface area contributed by atoms with Gasteiger partial charge in [-0.15, -0.1) is 17.0 Å². The number of carbonyl (C=O) groups is 4. The Kier molecular flexibility index (Phi) is 23.2. The summed E-state index contributed by atoms with van der Waals surface area (Å²) in [6, 6.07) is 7.04. The molecule has 18 heteroatoms. The van der Waals surface area contributed by atoms with Gasteiger partial charge in [-0.1, -0.05) is 60.9 Å². The van der Waals surface area contributed by atoms with Gasteiger partial charge in [0.1, 0.15) is 22.8 Å². The van der Waals surface area contributed by atoms with E-state index in [9.17, 15) is 19.2 Å². The van der Waals surface area contributed by atoms with Gasteiger partial charge in [-0.2, -0.15) is 0 Å². The molecule has 2 aromatic rings. The molecule has 5 N–H and O–H groups in total. The molecule has 1 aromatic heterocycles. The molecular weight excluding hydrogens is 822 g/mol. The number of benzene rings is 1. The van der Waals surface area contributed by atoms with Crippen molar-refractivity contribution in [3.8, 4) is 11.3 Å². The van der Waals surface area contributed by atoms with E-state index in [1.807, 2.05) is 37.3 Å². The van der Waals surface area contributed by atoms with Gasteiger partial charge < -0.3 is 49.9 Å². The molecule has 1 aliphatic carbocycles. The van der Waals surface area contributed by atoms with Crippen LogP contribution in [-0.4, -0.2) is 138 Å². The van der Waals surface area contributed by atoms with E-state index >= 15 is 0 Å². The molecule has 3 atom stereocenters. The van der Waals surface area contributed by atoms with E-state index < -0.39 is 24.2 Å². The maximum absolute atomic E-state index is 14.1. The Labute approximate surface area is 351 Å². The van der Waals surface area contributed by atoms with Crippen molar-refractivity contribution in [1.82, 2.24) is 25.8 Å². The first-order valence-corrected chi connectivity index (χ1v) is 20.7. The number of hydrogen-bond acceptors (Lipinski definition) is 12. The van der Waals surface area contributed by atoms with Crippen molar-refractivity contribution in [3.63, 3.8) is 0 Å². The highest BCUT2D eigenvalue weighted by Crippen LogP contribution is 2.37. The lowest BCUT2D eigenvalue weighted by atomic mass is 9.83. The molecule has 1 aliphatic heterocycles. The molecule has 1 aromatic carbocycles. The van der Waals surface area contributed by atoms with Gasteiger partial charge in [0.05, 0.1) is 65.5 Å². The summed E-state index contributed by atoms with van der Waals surface area (Å²) >= 11 is 1.13. The third-order valence-electron chi connectivity index (χ3n) is 9.71. The highest BCUT2D eigenvalue weighted by atomic mass is 79.9. The highest BCUT2D eigenvalue weighted by molar-refractivity contribution is 8.93. The van der Waals surface area contributed by atoms with Crippen LogP contribution in [0.25, 0.3) is 11.3 Å². The molecule has 1 saturated heterocycles. The third kappa shape index (κ3) is 16.5. The van der Waals surface area contributed by atoms with Gasteiger partial charge in [-0.05, 0) is 52.5 Å². The maximum atomic E-state index is 14.1. The second kappa shape index (κ2) is 27.5. The Morgan fingerprint density at radius 2 is 1.44 bits per heavy atom. The molecule has 57 heavy (non-hydrogen) atoms. The first kappa shape index (κ1) is 48.1. The first-order chi connectivity index (χ1) is 27.3. The van der Waals surface area contributed by atoms with E-state index in [0.29, 0.717) is 94.7 Å². The lowest BCUT2D eigenvalue weighted by Gasteiger charge is -2.35. The number of hydrogen-bond donors (Lipinski definition) is 5. The summed E-state index contributed by atoms with van der Waals surface area (Å²) in [5.41, 5.74) is 1.26. The van der Waals surface area contributed by atoms with Gasteiger partial charge in [0.2, 0.25) is 17.7 Å². The zero-order valence-corrected chi connectivity index (χ0v) is 36.0. The van der Waals surface area contributed by atoms with Gasteiger partial charge in [-0.25, -0.2) is 9.78 Å². The topological polar surface area (TPSA) is 191 Å². The summed E-state index contributed by atoms with van der Waals surface area (Å²) in [6.07, 6.45) is 6.00. The highest BCUT2D eigenvalue weighted by Gasteiger charge is 2.41. The molecule has 1 saturated carbocycles. The molecule has 5 amide bonds. The van der Waals surface area contributed by atoms with Crippen molar-refractivity contribution in [2.24, 2.45) is 5.92 Å². The van der Waals surface area contributed by atoms with Gasteiger partial charge in [0, 0.05) is 25.3 Å². The zero-order chi connectivity index (χ0) is 40.0. The number of halogens is 1. The number of likely N-dealkylation sites (tertiary alicyclic amines) is 1.